The molecule has 2 aromatic rings. The van der Waals surface area contributed by atoms with E-state index >= 15 is 0 Å². The molecule has 3 nitrogen and oxygen atoms in total. The molecule has 1 aromatic carbocycles. The maximum atomic E-state index is 13.5. The van der Waals surface area contributed by atoms with Crippen molar-refractivity contribution in [1.82, 2.24) is 0 Å². The average molecular weight is 356 g/mol. The number of furan rings is 1. The van der Waals surface area contributed by atoms with Gasteiger partial charge in [-0.25, -0.2) is 4.39 Å². The highest BCUT2D eigenvalue weighted by Crippen LogP contribution is 2.60. The van der Waals surface area contributed by atoms with E-state index in [0.717, 1.165) is 16.9 Å². The molecule has 1 aromatic heterocycles. The van der Waals surface area contributed by atoms with Gasteiger partial charge in [0.15, 0.2) is 0 Å². The molecule has 3 rings (SSSR count). The van der Waals surface area contributed by atoms with E-state index < -0.39 is 0 Å². The van der Waals surface area contributed by atoms with Crippen molar-refractivity contribution in [2.45, 2.75) is 40.2 Å². The Hall–Kier alpha value is -2.36. The summed E-state index contributed by atoms with van der Waals surface area (Å²) in [5.41, 5.74) is 1.74. The quantitative estimate of drug-likeness (QED) is 0.619. The first-order chi connectivity index (χ1) is 12.4. The van der Waals surface area contributed by atoms with Crippen molar-refractivity contribution in [3.63, 3.8) is 0 Å². The van der Waals surface area contributed by atoms with Crippen LogP contribution in [0.3, 0.4) is 0 Å². The Morgan fingerprint density at radius 3 is 2.69 bits per heavy atom. The van der Waals surface area contributed by atoms with Gasteiger partial charge in [-0.3, -0.25) is 4.79 Å². The van der Waals surface area contributed by atoms with Crippen molar-refractivity contribution in [3.8, 4) is 0 Å². The average Bonchev–Trinajstić information content (AvgIpc) is 2.95. The summed E-state index contributed by atoms with van der Waals surface area (Å²) < 4.78 is 24.5. The standard InChI is InChI=1S/C22H25FO3/c1-4-17(23)12-19-20(22(19,2)3)21(24)26-14-16-11-18(25-13-16)10-15-8-6-5-7-9-15/h5-9,11-13,19-20H,4,10,14H2,1-3H3/b17-12-/t19-,20-/m0/s1. The fourth-order valence-electron chi connectivity index (χ4n) is 3.39. The molecule has 0 unspecified atom stereocenters. The third kappa shape index (κ3) is 4.06. The molecule has 0 aliphatic heterocycles. The highest BCUT2D eigenvalue weighted by atomic mass is 19.1. The largest absolute Gasteiger partial charge is 0.469 e. The van der Waals surface area contributed by atoms with Gasteiger partial charge in [-0.05, 0) is 35.5 Å². The summed E-state index contributed by atoms with van der Waals surface area (Å²) >= 11 is 0. The molecule has 0 bridgehead atoms. The second-order valence-corrected chi connectivity index (χ2v) is 7.48. The van der Waals surface area contributed by atoms with E-state index in [2.05, 4.69) is 0 Å². The van der Waals surface area contributed by atoms with E-state index in [4.69, 9.17) is 9.15 Å². The van der Waals surface area contributed by atoms with Crippen molar-refractivity contribution < 1.29 is 18.3 Å². The number of allylic oxidation sites excluding steroid dienone is 2. The van der Waals surface area contributed by atoms with Gasteiger partial charge >= 0.3 is 5.97 Å². The van der Waals surface area contributed by atoms with Crippen LogP contribution < -0.4 is 0 Å². The van der Waals surface area contributed by atoms with Crippen molar-refractivity contribution in [2.75, 3.05) is 0 Å². The van der Waals surface area contributed by atoms with E-state index in [-0.39, 0.29) is 35.7 Å². The molecule has 0 amide bonds. The number of hydrogen-bond acceptors (Lipinski definition) is 3. The van der Waals surface area contributed by atoms with Crippen LogP contribution in [0.4, 0.5) is 4.39 Å². The Morgan fingerprint density at radius 2 is 2.00 bits per heavy atom. The number of ether oxygens (including phenoxy) is 1. The first-order valence-electron chi connectivity index (χ1n) is 9.05. The number of esters is 1. The van der Waals surface area contributed by atoms with Gasteiger partial charge in [-0.2, -0.15) is 0 Å². The summed E-state index contributed by atoms with van der Waals surface area (Å²) in [5.74, 6) is 0.0213. The molecule has 0 N–H and O–H groups in total. The minimum absolute atomic E-state index is 0.0899. The van der Waals surface area contributed by atoms with Crippen molar-refractivity contribution in [2.24, 2.45) is 17.3 Å². The molecule has 26 heavy (non-hydrogen) atoms. The molecule has 1 fully saturated rings. The zero-order valence-electron chi connectivity index (χ0n) is 15.5. The number of carbonyl (C=O) groups excluding carboxylic acids is 1. The first kappa shape index (κ1) is 18.4. The van der Waals surface area contributed by atoms with Crippen LogP contribution in [0.15, 0.2) is 59.0 Å². The van der Waals surface area contributed by atoms with Crippen LogP contribution in [-0.2, 0) is 22.6 Å². The Morgan fingerprint density at radius 1 is 1.27 bits per heavy atom. The van der Waals surface area contributed by atoms with Gasteiger partial charge in [-0.15, -0.1) is 0 Å². The predicted molar refractivity (Wildman–Crippen MR) is 98.0 cm³/mol. The second kappa shape index (κ2) is 7.48. The SMILES string of the molecule is CC/C(F)=C/[C@H]1[C@@H](C(=O)OCc2coc(Cc3ccccc3)c2)C1(C)C. The lowest BCUT2D eigenvalue weighted by Crippen LogP contribution is -2.10. The number of benzene rings is 1. The smallest absolute Gasteiger partial charge is 0.310 e. The highest BCUT2D eigenvalue weighted by Gasteiger charge is 2.61. The van der Waals surface area contributed by atoms with Gasteiger partial charge in [0.05, 0.1) is 18.0 Å². The van der Waals surface area contributed by atoms with Gasteiger partial charge in [0, 0.05) is 12.0 Å². The Bertz CT molecular complexity index is 789. The molecule has 0 saturated heterocycles. The lowest BCUT2D eigenvalue weighted by molar-refractivity contribution is -0.147. The fourth-order valence-corrected chi connectivity index (χ4v) is 3.39. The Kier molecular flexibility index (Phi) is 5.30. The molecule has 1 aliphatic rings. The van der Waals surface area contributed by atoms with Crippen LogP contribution in [-0.4, -0.2) is 5.97 Å². The normalized spacial score (nSPS) is 21.5. The molecule has 1 saturated carbocycles. The first-order valence-corrected chi connectivity index (χ1v) is 9.05. The predicted octanol–water partition coefficient (Wildman–Crippen LogP) is 5.45. The van der Waals surface area contributed by atoms with E-state index in [1.807, 2.05) is 50.2 Å². The summed E-state index contributed by atoms with van der Waals surface area (Å²) in [6.45, 7) is 5.88. The highest BCUT2D eigenvalue weighted by molar-refractivity contribution is 5.78. The van der Waals surface area contributed by atoms with Crippen molar-refractivity contribution in [1.29, 1.82) is 0 Å². The van der Waals surface area contributed by atoms with Crippen LogP contribution in [0.25, 0.3) is 0 Å². The minimum Gasteiger partial charge on any atom is -0.469 e. The molecular formula is C22H25FO3. The summed E-state index contributed by atoms with van der Waals surface area (Å²) in [5, 5.41) is 0. The molecule has 0 spiro atoms. The van der Waals surface area contributed by atoms with Crippen LogP contribution in [0, 0.1) is 17.3 Å². The van der Waals surface area contributed by atoms with Crippen LogP contribution in [0.2, 0.25) is 0 Å². The fraction of sp³-hybridized carbons (Fsp3) is 0.409. The maximum absolute atomic E-state index is 13.5. The molecular weight excluding hydrogens is 331 g/mol. The zero-order valence-corrected chi connectivity index (χ0v) is 15.5. The van der Waals surface area contributed by atoms with E-state index in [1.54, 1.807) is 19.3 Å². The maximum Gasteiger partial charge on any atom is 0.310 e. The molecule has 2 atom stereocenters. The molecule has 4 heteroatoms. The number of carbonyl (C=O) groups is 1. The molecule has 0 radical (unpaired) electrons. The van der Waals surface area contributed by atoms with Crippen molar-refractivity contribution in [3.05, 3.63) is 71.5 Å². The molecule has 1 heterocycles. The topological polar surface area (TPSA) is 39.4 Å². The van der Waals surface area contributed by atoms with Gasteiger partial charge in [0.1, 0.15) is 12.4 Å². The summed E-state index contributed by atoms with van der Waals surface area (Å²) in [6.07, 6.45) is 4.25. The van der Waals surface area contributed by atoms with E-state index in [1.165, 1.54) is 0 Å². The third-order valence-electron chi connectivity index (χ3n) is 5.17. The summed E-state index contributed by atoms with van der Waals surface area (Å²) in [7, 11) is 0. The van der Waals surface area contributed by atoms with Crippen LogP contribution in [0.1, 0.15) is 44.1 Å². The second-order valence-electron chi connectivity index (χ2n) is 7.48. The van der Waals surface area contributed by atoms with Crippen molar-refractivity contribution >= 4 is 5.97 Å². The number of halogens is 1. The Balaban J connectivity index is 1.54. The lowest BCUT2D eigenvalue weighted by atomic mass is 10.1. The molecule has 138 valence electrons. The van der Waals surface area contributed by atoms with Gasteiger partial charge in [0.2, 0.25) is 0 Å². The summed E-state index contributed by atoms with van der Waals surface area (Å²) in [4.78, 5) is 12.4. The van der Waals surface area contributed by atoms with E-state index in [0.29, 0.717) is 12.8 Å². The minimum atomic E-state index is -0.282. The number of hydrogen-bond donors (Lipinski definition) is 0. The molecule has 1 aliphatic carbocycles. The zero-order chi connectivity index (χ0) is 18.7. The van der Waals surface area contributed by atoms with E-state index in [9.17, 15) is 9.18 Å². The van der Waals surface area contributed by atoms with Gasteiger partial charge in [-0.1, -0.05) is 51.1 Å². The lowest BCUT2D eigenvalue weighted by Gasteiger charge is -2.03. The number of rotatable bonds is 7. The van der Waals surface area contributed by atoms with Gasteiger partial charge < -0.3 is 9.15 Å². The monoisotopic (exact) mass is 356 g/mol. The summed E-state index contributed by atoms with van der Waals surface area (Å²) in [6, 6.07) is 12.0. The Labute approximate surface area is 153 Å². The van der Waals surface area contributed by atoms with Crippen LogP contribution >= 0.6 is 0 Å². The van der Waals surface area contributed by atoms with Crippen LogP contribution in [0.5, 0.6) is 0 Å². The van der Waals surface area contributed by atoms with Gasteiger partial charge in [0.25, 0.3) is 0 Å². The third-order valence-corrected chi connectivity index (χ3v) is 5.17.